The highest BCUT2D eigenvalue weighted by molar-refractivity contribution is 5.76. The second-order valence-corrected chi connectivity index (χ2v) is 7.15. The van der Waals surface area contributed by atoms with Crippen LogP contribution in [0.25, 0.3) is 0 Å². The van der Waals surface area contributed by atoms with E-state index in [0.717, 1.165) is 38.0 Å². The zero-order valence-electron chi connectivity index (χ0n) is 14.1. The van der Waals surface area contributed by atoms with Crippen LogP contribution < -0.4 is 0 Å². The van der Waals surface area contributed by atoms with Gasteiger partial charge in [-0.1, -0.05) is 0 Å². The molecule has 0 spiro atoms. The molecule has 0 aromatic carbocycles. The summed E-state index contributed by atoms with van der Waals surface area (Å²) in [5, 5.41) is 15.0. The van der Waals surface area contributed by atoms with Crippen LogP contribution in [0.15, 0.2) is 12.4 Å². The van der Waals surface area contributed by atoms with Crippen molar-refractivity contribution >= 4 is 5.91 Å². The van der Waals surface area contributed by atoms with Crippen molar-refractivity contribution in [2.75, 3.05) is 32.7 Å². The molecule has 128 valence electrons. The molecular weight excluding hydrogens is 292 g/mol. The van der Waals surface area contributed by atoms with Crippen LogP contribution in [-0.2, 0) is 18.3 Å². The van der Waals surface area contributed by atoms with E-state index in [9.17, 15) is 9.90 Å². The maximum absolute atomic E-state index is 12.5. The Morgan fingerprint density at radius 3 is 2.78 bits per heavy atom. The highest BCUT2D eigenvalue weighted by Gasteiger charge is 2.36. The van der Waals surface area contributed by atoms with Gasteiger partial charge in [0.05, 0.1) is 18.3 Å². The van der Waals surface area contributed by atoms with Gasteiger partial charge in [0.1, 0.15) is 0 Å². The zero-order valence-corrected chi connectivity index (χ0v) is 14.1. The molecule has 1 aromatic rings. The van der Waals surface area contributed by atoms with Gasteiger partial charge in [-0.2, -0.15) is 5.10 Å². The highest BCUT2D eigenvalue weighted by atomic mass is 16.3. The minimum absolute atomic E-state index is 0.147. The van der Waals surface area contributed by atoms with E-state index >= 15 is 0 Å². The van der Waals surface area contributed by atoms with Gasteiger partial charge in [0.25, 0.3) is 0 Å². The topological polar surface area (TPSA) is 61.6 Å². The fraction of sp³-hybridized carbons (Fsp3) is 0.765. The van der Waals surface area contributed by atoms with Crippen molar-refractivity contribution in [3.05, 3.63) is 18.0 Å². The molecular formula is C17H28N4O2. The summed E-state index contributed by atoms with van der Waals surface area (Å²) in [6, 6.07) is 0. The number of nitrogens with zero attached hydrogens (tertiary/aromatic N) is 4. The van der Waals surface area contributed by atoms with Gasteiger partial charge < -0.3 is 14.9 Å². The number of amides is 1. The zero-order chi connectivity index (χ0) is 16.3. The van der Waals surface area contributed by atoms with Crippen LogP contribution in [0, 0.1) is 0 Å². The molecule has 23 heavy (non-hydrogen) atoms. The molecule has 2 fully saturated rings. The number of hydrogen-bond donors (Lipinski definition) is 1. The van der Waals surface area contributed by atoms with Gasteiger partial charge in [-0.25, -0.2) is 0 Å². The maximum Gasteiger partial charge on any atom is 0.223 e. The first kappa shape index (κ1) is 16.5. The predicted molar refractivity (Wildman–Crippen MR) is 88.0 cm³/mol. The van der Waals surface area contributed by atoms with Crippen molar-refractivity contribution in [3.8, 4) is 0 Å². The molecule has 2 aliphatic rings. The van der Waals surface area contributed by atoms with E-state index in [2.05, 4.69) is 10.00 Å². The number of carbonyl (C=O) groups is 1. The Bertz CT molecular complexity index is 538. The Morgan fingerprint density at radius 2 is 2.09 bits per heavy atom. The van der Waals surface area contributed by atoms with Crippen molar-refractivity contribution in [1.82, 2.24) is 19.6 Å². The average Bonchev–Trinajstić information content (AvgIpc) is 3.16. The first-order chi connectivity index (χ1) is 11.0. The van der Waals surface area contributed by atoms with Crippen molar-refractivity contribution in [1.29, 1.82) is 0 Å². The number of aromatic nitrogens is 2. The lowest BCUT2D eigenvalue weighted by Gasteiger charge is -2.41. The third-order valence-corrected chi connectivity index (χ3v) is 5.01. The molecule has 2 saturated heterocycles. The average molecular weight is 320 g/mol. The largest absolute Gasteiger partial charge is 0.387 e. The number of β-amino-alcohol motifs (C(OH)–C–C–N with tert-alkyl or cyclic N) is 1. The van der Waals surface area contributed by atoms with Crippen molar-refractivity contribution in [3.63, 3.8) is 0 Å². The molecule has 1 aromatic heterocycles. The number of aryl methyl sites for hydroxylation is 2. The summed E-state index contributed by atoms with van der Waals surface area (Å²) < 4.78 is 1.76. The normalized spacial score (nSPS) is 25.9. The lowest BCUT2D eigenvalue weighted by Crippen LogP contribution is -2.55. The Balaban J connectivity index is 1.51. The predicted octanol–water partition coefficient (Wildman–Crippen LogP) is 0.802. The maximum atomic E-state index is 12.5. The van der Waals surface area contributed by atoms with Crippen LogP contribution in [0.3, 0.4) is 0 Å². The van der Waals surface area contributed by atoms with Crippen LogP contribution in [0.4, 0.5) is 0 Å². The van der Waals surface area contributed by atoms with Crippen LogP contribution in [0.5, 0.6) is 0 Å². The molecule has 0 radical (unpaired) electrons. The molecule has 3 heterocycles. The van der Waals surface area contributed by atoms with E-state index in [-0.39, 0.29) is 5.91 Å². The third kappa shape index (κ3) is 4.32. The molecule has 6 nitrogen and oxygen atoms in total. The number of hydrogen-bond acceptors (Lipinski definition) is 4. The van der Waals surface area contributed by atoms with Crippen molar-refractivity contribution in [2.24, 2.45) is 7.05 Å². The summed E-state index contributed by atoms with van der Waals surface area (Å²) >= 11 is 0. The van der Waals surface area contributed by atoms with E-state index in [4.69, 9.17) is 0 Å². The smallest absolute Gasteiger partial charge is 0.223 e. The first-order valence-corrected chi connectivity index (χ1v) is 8.74. The molecule has 1 atom stereocenters. The summed E-state index contributed by atoms with van der Waals surface area (Å²) in [4.78, 5) is 16.7. The number of carbonyl (C=O) groups excluding carboxylic acids is 1. The van der Waals surface area contributed by atoms with Crippen molar-refractivity contribution < 1.29 is 9.90 Å². The van der Waals surface area contributed by atoms with E-state index < -0.39 is 5.60 Å². The lowest BCUT2D eigenvalue weighted by molar-refractivity contribution is -0.139. The Kier molecular flexibility index (Phi) is 5.02. The van der Waals surface area contributed by atoms with Crippen LogP contribution in [-0.4, -0.2) is 68.9 Å². The Hall–Kier alpha value is -1.40. The summed E-state index contributed by atoms with van der Waals surface area (Å²) in [5.41, 5.74) is 0.359. The van der Waals surface area contributed by atoms with Gasteiger partial charge in [-0.15, -0.1) is 0 Å². The molecule has 1 amide bonds. The third-order valence-electron chi connectivity index (χ3n) is 5.01. The quantitative estimate of drug-likeness (QED) is 0.872. The van der Waals surface area contributed by atoms with E-state index in [1.807, 2.05) is 24.3 Å². The van der Waals surface area contributed by atoms with Crippen LogP contribution in [0.1, 0.15) is 37.7 Å². The SMILES string of the molecule is Cn1cc(CCC(=O)N2CCC[C@@](O)(CN3CCCC3)C2)cn1. The fourth-order valence-electron chi connectivity index (χ4n) is 3.82. The summed E-state index contributed by atoms with van der Waals surface area (Å²) in [6.07, 6.45) is 9.12. The van der Waals surface area contributed by atoms with Crippen LogP contribution in [0.2, 0.25) is 0 Å². The number of piperidine rings is 1. The molecule has 0 bridgehead atoms. The Labute approximate surface area is 138 Å². The molecule has 0 unspecified atom stereocenters. The molecule has 3 rings (SSSR count). The lowest BCUT2D eigenvalue weighted by atomic mass is 9.92. The molecule has 0 saturated carbocycles. The van der Waals surface area contributed by atoms with Crippen LogP contribution >= 0.6 is 0 Å². The minimum Gasteiger partial charge on any atom is -0.387 e. The van der Waals surface area contributed by atoms with E-state index in [0.29, 0.717) is 25.9 Å². The minimum atomic E-state index is -0.730. The molecule has 6 heteroatoms. The molecule has 0 aliphatic carbocycles. The molecule has 1 N–H and O–H groups in total. The summed E-state index contributed by atoms with van der Waals surface area (Å²) in [7, 11) is 1.88. The fourth-order valence-corrected chi connectivity index (χ4v) is 3.82. The first-order valence-electron chi connectivity index (χ1n) is 8.74. The monoisotopic (exact) mass is 320 g/mol. The van der Waals surface area contributed by atoms with E-state index in [1.165, 1.54) is 12.8 Å². The second-order valence-electron chi connectivity index (χ2n) is 7.15. The van der Waals surface area contributed by atoms with Gasteiger partial charge >= 0.3 is 0 Å². The Morgan fingerprint density at radius 1 is 1.30 bits per heavy atom. The number of likely N-dealkylation sites (tertiary alicyclic amines) is 2. The molecule has 2 aliphatic heterocycles. The van der Waals surface area contributed by atoms with Gasteiger partial charge in [0.2, 0.25) is 5.91 Å². The van der Waals surface area contributed by atoms with Gasteiger partial charge in [-0.05, 0) is 50.8 Å². The van der Waals surface area contributed by atoms with Gasteiger partial charge in [0, 0.05) is 32.8 Å². The second kappa shape index (κ2) is 7.01. The number of aliphatic hydroxyl groups is 1. The number of rotatable bonds is 5. The van der Waals surface area contributed by atoms with Gasteiger partial charge in [-0.3, -0.25) is 9.48 Å². The van der Waals surface area contributed by atoms with Gasteiger partial charge in [0.15, 0.2) is 0 Å². The van der Waals surface area contributed by atoms with Crippen molar-refractivity contribution in [2.45, 2.75) is 44.1 Å². The highest BCUT2D eigenvalue weighted by Crippen LogP contribution is 2.24. The van der Waals surface area contributed by atoms with E-state index in [1.54, 1.807) is 4.68 Å². The standard InChI is InChI=1S/C17H28N4O2/c1-19-12-15(11-18-19)5-6-16(22)21-10-4-7-17(23,14-21)13-20-8-2-3-9-20/h11-12,23H,2-10,13-14H2,1H3/t17-/m1/s1. The summed E-state index contributed by atoms with van der Waals surface area (Å²) in [6.45, 7) is 4.12. The summed E-state index contributed by atoms with van der Waals surface area (Å²) in [5.74, 6) is 0.147.